The summed E-state index contributed by atoms with van der Waals surface area (Å²) in [5.41, 5.74) is 1.18. The van der Waals surface area contributed by atoms with E-state index in [1.165, 1.54) is 5.56 Å². The highest BCUT2D eigenvalue weighted by Crippen LogP contribution is 2.22. The fourth-order valence-corrected chi connectivity index (χ4v) is 2.08. The number of halogens is 1. The number of nitrogens with zero attached hydrogens (tertiary/aromatic N) is 2. The topological polar surface area (TPSA) is 36.4 Å². The summed E-state index contributed by atoms with van der Waals surface area (Å²) in [5, 5.41) is 9.59. The first-order valence-corrected chi connectivity index (χ1v) is 6.01. The Bertz CT molecular complexity index is 356. The lowest BCUT2D eigenvalue weighted by atomic mass is 10.1. The van der Waals surface area contributed by atoms with Gasteiger partial charge in [0.2, 0.25) is 0 Å². The van der Waals surface area contributed by atoms with Gasteiger partial charge >= 0.3 is 0 Å². The molecule has 82 valence electrons. The maximum Gasteiger partial charge on any atom is 0.128 e. The normalized spacial score (nSPS) is 21.8. The van der Waals surface area contributed by atoms with E-state index in [9.17, 15) is 5.11 Å². The Morgan fingerprint density at radius 3 is 3.07 bits per heavy atom. The van der Waals surface area contributed by atoms with Crippen LogP contribution in [0.4, 0.5) is 5.82 Å². The molecule has 0 aliphatic carbocycles. The number of β-amino-alcohol motifs (C(OH)–C–C–N with tert-alkyl or cyclic N) is 1. The summed E-state index contributed by atoms with van der Waals surface area (Å²) >= 11 is 3.43. The largest absolute Gasteiger partial charge is 0.391 e. The summed E-state index contributed by atoms with van der Waals surface area (Å²) < 4.78 is 1.03. The predicted octanol–water partition coefficient (Wildman–Crippen LogP) is 2.11. The Balaban J connectivity index is 2.18. The van der Waals surface area contributed by atoms with Gasteiger partial charge in [0.1, 0.15) is 5.82 Å². The third-order valence-electron chi connectivity index (χ3n) is 2.75. The minimum Gasteiger partial charge on any atom is -0.391 e. The van der Waals surface area contributed by atoms with Gasteiger partial charge in [-0.05, 0) is 47.3 Å². The number of pyridine rings is 1. The van der Waals surface area contributed by atoms with Gasteiger partial charge in [-0.3, -0.25) is 0 Å². The summed E-state index contributed by atoms with van der Waals surface area (Å²) in [4.78, 5) is 6.51. The summed E-state index contributed by atoms with van der Waals surface area (Å²) in [6.45, 7) is 3.74. The smallest absolute Gasteiger partial charge is 0.128 e. The number of piperidine rings is 1. The predicted molar refractivity (Wildman–Crippen MR) is 64.1 cm³/mol. The van der Waals surface area contributed by atoms with Crippen LogP contribution in [0.3, 0.4) is 0 Å². The molecule has 1 aliphatic heterocycles. The number of hydrogen-bond donors (Lipinski definition) is 1. The first kappa shape index (κ1) is 10.9. The summed E-state index contributed by atoms with van der Waals surface area (Å²) in [6, 6.07) is 2.06. The lowest BCUT2D eigenvalue weighted by Gasteiger charge is -2.31. The van der Waals surface area contributed by atoms with E-state index in [2.05, 4.69) is 38.8 Å². The molecule has 0 bridgehead atoms. The molecule has 0 aromatic carbocycles. The Labute approximate surface area is 98.3 Å². The average Bonchev–Trinajstić information content (AvgIpc) is 2.22. The van der Waals surface area contributed by atoms with Crippen LogP contribution in [0.25, 0.3) is 0 Å². The highest BCUT2D eigenvalue weighted by molar-refractivity contribution is 9.10. The molecule has 0 spiro atoms. The van der Waals surface area contributed by atoms with Crippen LogP contribution in [-0.2, 0) is 0 Å². The number of anilines is 1. The quantitative estimate of drug-likeness (QED) is 0.850. The Hall–Kier alpha value is -0.610. The van der Waals surface area contributed by atoms with Crippen molar-refractivity contribution in [1.82, 2.24) is 4.98 Å². The fourth-order valence-electron chi connectivity index (χ4n) is 1.86. The third-order valence-corrected chi connectivity index (χ3v) is 3.58. The average molecular weight is 271 g/mol. The van der Waals surface area contributed by atoms with Gasteiger partial charge in [0.05, 0.1) is 6.10 Å². The number of aryl methyl sites for hydroxylation is 1. The molecule has 0 radical (unpaired) electrons. The molecule has 2 heterocycles. The van der Waals surface area contributed by atoms with Gasteiger partial charge < -0.3 is 10.0 Å². The van der Waals surface area contributed by atoms with Crippen molar-refractivity contribution in [2.45, 2.75) is 25.9 Å². The maximum atomic E-state index is 9.59. The Morgan fingerprint density at radius 1 is 1.60 bits per heavy atom. The van der Waals surface area contributed by atoms with Crippen molar-refractivity contribution >= 4 is 21.7 Å². The third kappa shape index (κ3) is 2.49. The zero-order chi connectivity index (χ0) is 10.8. The monoisotopic (exact) mass is 270 g/mol. The van der Waals surface area contributed by atoms with E-state index in [-0.39, 0.29) is 6.10 Å². The molecule has 1 fully saturated rings. The molecule has 2 rings (SSSR count). The lowest BCUT2D eigenvalue weighted by molar-refractivity contribution is 0.154. The van der Waals surface area contributed by atoms with Crippen LogP contribution in [0.2, 0.25) is 0 Å². The van der Waals surface area contributed by atoms with Crippen LogP contribution in [0.15, 0.2) is 16.7 Å². The van der Waals surface area contributed by atoms with E-state index in [4.69, 9.17) is 0 Å². The van der Waals surface area contributed by atoms with Crippen molar-refractivity contribution in [3.63, 3.8) is 0 Å². The molecule has 1 N–H and O–H groups in total. The van der Waals surface area contributed by atoms with E-state index in [1.807, 2.05) is 6.20 Å². The molecule has 1 aromatic heterocycles. The second kappa shape index (κ2) is 4.49. The van der Waals surface area contributed by atoms with Gasteiger partial charge in [0.25, 0.3) is 0 Å². The number of aliphatic hydroxyl groups is 1. The van der Waals surface area contributed by atoms with Gasteiger partial charge in [-0.25, -0.2) is 4.98 Å². The van der Waals surface area contributed by atoms with Crippen LogP contribution >= 0.6 is 15.9 Å². The van der Waals surface area contributed by atoms with E-state index in [0.717, 1.165) is 29.7 Å². The molecule has 15 heavy (non-hydrogen) atoms. The van der Waals surface area contributed by atoms with E-state index in [1.54, 1.807) is 0 Å². The molecule has 3 nitrogen and oxygen atoms in total. The van der Waals surface area contributed by atoms with E-state index in [0.29, 0.717) is 6.54 Å². The van der Waals surface area contributed by atoms with Crippen LogP contribution < -0.4 is 4.90 Å². The highest BCUT2D eigenvalue weighted by atomic mass is 79.9. The first-order valence-electron chi connectivity index (χ1n) is 5.22. The SMILES string of the molecule is Cc1cc(N2CCCC(O)C2)ncc1Br. The minimum absolute atomic E-state index is 0.204. The van der Waals surface area contributed by atoms with Crippen molar-refractivity contribution in [2.75, 3.05) is 18.0 Å². The lowest BCUT2D eigenvalue weighted by Crippen LogP contribution is -2.38. The second-order valence-corrected chi connectivity index (χ2v) is 4.89. The molecule has 1 aliphatic rings. The van der Waals surface area contributed by atoms with Gasteiger partial charge in [-0.15, -0.1) is 0 Å². The number of aliphatic hydroxyl groups excluding tert-OH is 1. The zero-order valence-corrected chi connectivity index (χ0v) is 10.4. The van der Waals surface area contributed by atoms with Crippen molar-refractivity contribution in [3.8, 4) is 0 Å². The van der Waals surface area contributed by atoms with Crippen molar-refractivity contribution in [1.29, 1.82) is 0 Å². The van der Waals surface area contributed by atoms with Crippen molar-refractivity contribution < 1.29 is 5.11 Å². The standard InChI is InChI=1S/C11H15BrN2O/c1-8-5-11(13-6-10(8)12)14-4-2-3-9(15)7-14/h5-6,9,15H,2-4,7H2,1H3. The summed E-state index contributed by atoms with van der Waals surface area (Å²) in [6.07, 6.45) is 3.57. The highest BCUT2D eigenvalue weighted by Gasteiger charge is 2.18. The van der Waals surface area contributed by atoms with Gasteiger partial charge in [-0.2, -0.15) is 0 Å². The molecule has 1 aromatic rings. The molecular weight excluding hydrogens is 256 g/mol. The fraction of sp³-hybridized carbons (Fsp3) is 0.545. The summed E-state index contributed by atoms with van der Waals surface area (Å²) in [7, 11) is 0. The van der Waals surface area contributed by atoms with Gasteiger partial charge in [0.15, 0.2) is 0 Å². The van der Waals surface area contributed by atoms with Crippen LogP contribution in [0.5, 0.6) is 0 Å². The molecule has 1 saturated heterocycles. The minimum atomic E-state index is -0.204. The second-order valence-electron chi connectivity index (χ2n) is 4.03. The van der Waals surface area contributed by atoms with Crippen molar-refractivity contribution in [2.24, 2.45) is 0 Å². The van der Waals surface area contributed by atoms with Crippen LogP contribution in [0, 0.1) is 6.92 Å². The molecule has 1 atom stereocenters. The molecule has 4 heteroatoms. The first-order chi connectivity index (χ1) is 7.16. The van der Waals surface area contributed by atoms with Gasteiger partial charge in [-0.1, -0.05) is 0 Å². The molecule has 0 saturated carbocycles. The van der Waals surface area contributed by atoms with Crippen LogP contribution in [0.1, 0.15) is 18.4 Å². The zero-order valence-electron chi connectivity index (χ0n) is 8.78. The Morgan fingerprint density at radius 2 is 2.40 bits per heavy atom. The van der Waals surface area contributed by atoms with E-state index >= 15 is 0 Å². The van der Waals surface area contributed by atoms with E-state index < -0.39 is 0 Å². The maximum absolute atomic E-state index is 9.59. The van der Waals surface area contributed by atoms with Gasteiger partial charge in [0, 0.05) is 23.8 Å². The van der Waals surface area contributed by atoms with Crippen molar-refractivity contribution in [3.05, 3.63) is 22.3 Å². The number of rotatable bonds is 1. The summed E-state index contributed by atoms with van der Waals surface area (Å²) in [5.74, 6) is 0.967. The Kier molecular flexibility index (Phi) is 3.26. The molecule has 1 unspecified atom stereocenters. The molecular formula is C11H15BrN2O. The number of hydrogen-bond acceptors (Lipinski definition) is 3. The van der Waals surface area contributed by atoms with Crippen LogP contribution in [-0.4, -0.2) is 29.3 Å². The number of aromatic nitrogens is 1. The molecule has 0 amide bonds.